The first-order chi connectivity index (χ1) is 7.28. The fourth-order valence-electron chi connectivity index (χ4n) is 2.30. The molecule has 0 spiro atoms. The summed E-state index contributed by atoms with van der Waals surface area (Å²) in [6.07, 6.45) is 9.03. The zero-order valence-electron chi connectivity index (χ0n) is 10.7. The van der Waals surface area contributed by atoms with Crippen LogP contribution in [0.15, 0.2) is 0 Å². The lowest BCUT2D eigenvalue weighted by Gasteiger charge is -2.21. The first kappa shape index (κ1) is 14.9. The van der Waals surface area contributed by atoms with Gasteiger partial charge in [0.1, 0.15) is 0 Å². The molecule has 2 heteroatoms. The number of hydrogen-bond acceptors (Lipinski definition) is 2. The smallest absolute Gasteiger partial charge is 0.00746 e. The molecule has 1 unspecified atom stereocenters. The Hall–Kier alpha value is -0.0800. The van der Waals surface area contributed by atoms with Crippen LogP contribution >= 0.6 is 0 Å². The van der Waals surface area contributed by atoms with E-state index in [2.05, 4.69) is 13.8 Å². The SMILES string of the molecule is CCCCC(CC)CC(CCN)CCN. The van der Waals surface area contributed by atoms with Gasteiger partial charge in [-0.05, 0) is 44.2 Å². The largest absolute Gasteiger partial charge is 0.330 e. The summed E-state index contributed by atoms with van der Waals surface area (Å²) in [5.41, 5.74) is 11.3. The Balaban J connectivity index is 3.85. The van der Waals surface area contributed by atoms with Crippen LogP contribution in [0, 0.1) is 11.8 Å². The lowest BCUT2D eigenvalue weighted by molar-refractivity contribution is 0.315. The Kier molecular flexibility index (Phi) is 10.4. The van der Waals surface area contributed by atoms with Crippen LogP contribution < -0.4 is 11.5 Å². The van der Waals surface area contributed by atoms with Crippen LogP contribution in [0.1, 0.15) is 58.8 Å². The average molecular weight is 214 g/mol. The molecule has 0 saturated heterocycles. The van der Waals surface area contributed by atoms with Crippen molar-refractivity contribution in [3.8, 4) is 0 Å². The van der Waals surface area contributed by atoms with Gasteiger partial charge in [-0.15, -0.1) is 0 Å². The molecule has 0 aliphatic carbocycles. The highest BCUT2D eigenvalue weighted by Gasteiger charge is 2.13. The van der Waals surface area contributed by atoms with E-state index in [4.69, 9.17) is 11.5 Å². The average Bonchev–Trinajstić information content (AvgIpc) is 2.24. The third-order valence-electron chi connectivity index (χ3n) is 3.36. The molecule has 0 rings (SSSR count). The minimum Gasteiger partial charge on any atom is -0.330 e. The fraction of sp³-hybridized carbons (Fsp3) is 1.00. The van der Waals surface area contributed by atoms with Gasteiger partial charge in [-0.25, -0.2) is 0 Å². The van der Waals surface area contributed by atoms with Gasteiger partial charge >= 0.3 is 0 Å². The molecule has 0 aromatic carbocycles. The van der Waals surface area contributed by atoms with Gasteiger partial charge in [0.15, 0.2) is 0 Å². The maximum absolute atomic E-state index is 5.64. The molecule has 0 fully saturated rings. The second-order valence-corrected chi connectivity index (χ2v) is 4.67. The van der Waals surface area contributed by atoms with Crippen molar-refractivity contribution in [2.75, 3.05) is 13.1 Å². The van der Waals surface area contributed by atoms with E-state index in [0.29, 0.717) is 0 Å². The lowest BCUT2D eigenvalue weighted by Crippen LogP contribution is -2.16. The van der Waals surface area contributed by atoms with Crippen LogP contribution in [0.4, 0.5) is 0 Å². The number of unbranched alkanes of at least 4 members (excludes halogenated alkanes) is 1. The monoisotopic (exact) mass is 214 g/mol. The van der Waals surface area contributed by atoms with E-state index < -0.39 is 0 Å². The molecule has 0 aromatic rings. The Morgan fingerprint density at radius 3 is 1.87 bits per heavy atom. The van der Waals surface area contributed by atoms with Crippen molar-refractivity contribution >= 4 is 0 Å². The van der Waals surface area contributed by atoms with Crippen LogP contribution in [-0.4, -0.2) is 13.1 Å². The van der Waals surface area contributed by atoms with E-state index in [1.54, 1.807) is 0 Å². The van der Waals surface area contributed by atoms with E-state index in [9.17, 15) is 0 Å². The Morgan fingerprint density at radius 1 is 0.867 bits per heavy atom. The lowest BCUT2D eigenvalue weighted by atomic mass is 9.85. The molecule has 92 valence electrons. The predicted octanol–water partition coefficient (Wildman–Crippen LogP) is 2.91. The zero-order chi connectivity index (χ0) is 11.5. The summed E-state index contributed by atoms with van der Waals surface area (Å²) in [5.74, 6) is 1.66. The summed E-state index contributed by atoms with van der Waals surface area (Å²) < 4.78 is 0. The van der Waals surface area contributed by atoms with E-state index in [-0.39, 0.29) is 0 Å². The molecule has 0 aliphatic rings. The van der Waals surface area contributed by atoms with Crippen molar-refractivity contribution in [3.05, 3.63) is 0 Å². The quantitative estimate of drug-likeness (QED) is 0.587. The van der Waals surface area contributed by atoms with Crippen molar-refractivity contribution in [3.63, 3.8) is 0 Å². The minimum atomic E-state index is 0.766. The predicted molar refractivity (Wildman–Crippen MR) is 68.8 cm³/mol. The van der Waals surface area contributed by atoms with Crippen molar-refractivity contribution in [2.45, 2.75) is 58.8 Å². The Bertz CT molecular complexity index is 120. The van der Waals surface area contributed by atoms with Crippen LogP contribution in [0.2, 0.25) is 0 Å². The highest BCUT2D eigenvalue weighted by Crippen LogP contribution is 2.24. The molecule has 0 saturated carbocycles. The van der Waals surface area contributed by atoms with Crippen molar-refractivity contribution in [2.24, 2.45) is 23.3 Å². The van der Waals surface area contributed by atoms with E-state index in [1.165, 1.54) is 32.1 Å². The van der Waals surface area contributed by atoms with Gasteiger partial charge in [-0.3, -0.25) is 0 Å². The molecule has 15 heavy (non-hydrogen) atoms. The summed E-state index contributed by atoms with van der Waals surface area (Å²) in [4.78, 5) is 0. The summed E-state index contributed by atoms with van der Waals surface area (Å²) in [5, 5.41) is 0. The number of rotatable bonds is 10. The first-order valence-corrected chi connectivity index (χ1v) is 6.68. The molecule has 4 N–H and O–H groups in total. The summed E-state index contributed by atoms with van der Waals surface area (Å²) >= 11 is 0. The highest BCUT2D eigenvalue weighted by molar-refractivity contribution is 4.67. The molecular weight excluding hydrogens is 184 g/mol. The van der Waals surface area contributed by atoms with E-state index in [0.717, 1.165) is 37.8 Å². The third kappa shape index (κ3) is 7.80. The van der Waals surface area contributed by atoms with Gasteiger partial charge in [-0.1, -0.05) is 39.5 Å². The van der Waals surface area contributed by atoms with Gasteiger partial charge in [0, 0.05) is 0 Å². The van der Waals surface area contributed by atoms with Gasteiger partial charge in [0.2, 0.25) is 0 Å². The number of hydrogen-bond donors (Lipinski definition) is 2. The Morgan fingerprint density at radius 2 is 1.47 bits per heavy atom. The van der Waals surface area contributed by atoms with Crippen molar-refractivity contribution < 1.29 is 0 Å². The molecule has 0 radical (unpaired) electrons. The molecular formula is C13H30N2. The molecule has 0 aromatic heterocycles. The third-order valence-corrected chi connectivity index (χ3v) is 3.36. The molecule has 1 atom stereocenters. The summed E-state index contributed by atoms with van der Waals surface area (Å²) in [6.45, 7) is 6.20. The minimum absolute atomic E-state index is 0.766. The van der Waals surface area contributed by atoms with E-state index >= 15 is 0 Å². The van der Waals surface area contributed by atoms with Gasteiger partial charge in [0.05, 0.1) is 0 Å². The Labute approximate surface area is 95.8 Å². The molecule has 2 nitrogen and oxygen atoms in total. The molecule has 0 amide bonds. The standard InChI is InChI=1S/C13H30N2/c1-3-5-6-12(4-2)11-13(7-9-14)8-10-15/h12-13H,3-11,14-15H2,1-2H3. The molecule has 0 heterocycles. The summed E-state index contributed by atoms with van der Waals surface area (Å²) in [6, 6.07) is 0. The summed E-state index contributed by atoms with van der Waals surface area (Å²) in [7, 11) is 0. The highest BCUT2D eigenvalue weighted by atomic mass is 14.5. The van der Waals surface area contributed by atoms with Crippen LogP contribution in [-0.2, 0) is 0 Å². The normalized spacial score (nSPS) is 13.4. The molecule has 0 aliphatic heterocycles. The van der Waals surface area contributed by atoms with Gasteiger partial charge in [0.25, 0.3) is 0 Å². The maximum Gasteiger partial charge on any atom is -0.00746 e. The van der Waals surface area contributed by atoms with Crippen LogP contribution in [0.25, 0.3) is 0 Å². The molecule has 0 bridgehead atoms. The van der Waals surface area contributed by atoms with Crippen LogP contribution in [0.3, 0.4) is 0 Å². The zero-order valence-corrected chi connectivity index (χ0v) is 10.7. The first-order valence-electron chi connectivity index (χ1n) is 6.68. The maximum atomic E-state index is 5.64. The van der Waals surface area contributed by atoms with E-state index in [1.807, 2.05) is 0 Å². The fourth-order valence-corrected chi connectivity index (χ4v) is 2.30. The second kappa shape index (κ2) is 10.4. The van der Waals surface area contributed by atoms with Crippen LogP contribution in [0.5, 0.6) is 0 Å². The second-order valence-electron chi connectivity index (χ2n) is 4.67. The van der Waals surface area contributed by atoms with Gasteiger partial charge in [-0.2, -0.15) is 0 Å². The topological polar surface area (TPSA) is 52.0 Å². The van der Waals surface area contributed by atoms with Gasteiger partial charge < -0.3 is 11.5 Å². The van der Waals surface area contributed by atoms with Crippen molar-refractivity contribution in [1.82, 2.24) is 0 Å². The van der Waals surface area contributed by atoms with Crippen molar-refractivity contribution in [1.29, 1.82) is 0 Å². The number of nitrogens with two attached hydrogens (primary N) is 2.